The number of carbonyl (C=O) groups is 1. The van der Waals surface area contributed by atoms with Crippen molar-refractivity contribution in [3.63, 3.8) is 0 Å². The summed E-state index contributed by atoms with van der Waals surface area (Å²) >= 11 is 0. The van der Waals surface area contributed by atoms with E-state index in [2.05, 4.69) is 0 Å². The molecule has 1 N–H and O–H groups in total. The number of halogens is 2. The van der Waals surface area contributed by atoms with Crippen molar-refractivity contribution in [2.75, 3.05) is 6.54 Å². The fraction of sp³-hybridized carbons (Fsp3) is 0.211. The smallest absolute Gasteiger partial charge is 0.371 e. The summed E-state index contributed by atoms with van der Waals surface area (Å²) in [5.74, 6) is -2.02. The molecule has 0 saturated heterocycles. The Morgan fingerprint density at radius 2 is 2.04 bits per heavy atom. The normalized spacial score (nSPS) is 17.2. The highest BCUT2D eigenvalue weighted by Gasteiger charge is 2.31. The maximum absolute atomic E-state index is 14.5. The number of nitrogens with zero attached hydrogens (tertiary/aromatic N) is 2. The summed E-state index contributed by atoms with van der Waals surface area (Å²) in [5.41, 5.74) is 1.27. The van der Waals surface area contributed by atoms with E-state index in [0.29, 0.717) is 31.0 Å². The van der Waals surface area contributed by atoms with Crippen molar-refractivity contribution in [1.29, 1.82) is 0 Å². The second kappa shape index (κ2) is 6.42. The summed E-state index contributed by atoms with van der Waals surface area (Å²) < 4.78 is 35.2. The predicted octanol–water partition coefficient (Wildman–Crippen LogP) is 3.66. The van der Waals surface area contributed by atoms with E-state index in [4.69, 9.17) is 9.52 Å². The van der Waals surface area contributed by atoms with Crippen LogP contribution < -0.4 is 0 Å². The summed E-state index contributed by atoms with van der Waals surface area (Å²) in [6.07, 6.45) is 1.93. The lowest BCUT2D eigenvalue weighted by atomic mass is 9.99. The Morgan fingerprint density at radius 1 is 1.19 bits per heavy atom. The third kappa shape index (κ3) is 2.90. The molecule has 0 bridgehead atoms. The number of hydrogen-bond acceptors (Lipinski definition) is 3. The topological polar surface area (TPSA) is 58.6 Å². The van der Waals surface area contributed by atoms with Crippen molar-refractivity contribution < 1.29 is 23.1 Å². The van der Waals surface area contributed by atoms with Crippen LogP contribution in [-0.2, 0) is 13.1 Å². The Labute approximate surface area is 148 Å². The molecule has 3 aromatic rings. The van der Waals surface area contributed by atoms with Crippen molar-refractivity contribution >= 4 is 5.97 Å². The first-order valence-electron chi connectivity index (χ1n) is 8.19. The number of furan rings is 1. The Hall–Kier alpha value is -2.93. The van der Waals surface area contributed by atoms with Gasteiger partial charge in [0.25, 0.3) is 0 Å². The molecular formula is C19H16F2N2O3. The molecule has 0 amide bonds. The van der Waals surface area contributed by atoms with Crippen LogP contribution in [0, 0.1) is 11.6 Å². The SMILES string of the molecule is O=C(O)c1ccc(CN2CCn3cccc3C2c2ccc(F)cc2F)o1. The molecule has 7 heteroatoms. The van der Waals surface area contributed by atoms with Crippen molar-refractivity contribution in [3.8, 4) is 0 Å². The van der Waals surface area contributed by atoms with E-state index in [-0.39, 0.29) is 5.76 Å². The molecule has 0 saturated carbocycles. The first-order valence-corrected chi connectivity index (χ1v) is 8.19. The van der Waals surface area contributed by atoms with Gasteiger partial charge in [0.2, 0.25) is 5.76 Å². The molecule has 0 spiro atoms. The average Bonchev–Trinajstić information content (AvgIpc) is 3.25. The van der Waals surface area contributed by atoms with E-state index in [1.165, 1.54) is 18.2 Å². The number of benzene rings is 1. The molecule has 26 heavy (non-hydrogen) atoms. The van der Waals surface area contributed by atoms with Crippen LogP contribution in [0.4, 0.5) is 8.78 Å². The van der Waals surface area contributed by atoms with Crippen molar-refractivity contribution in [2.45, 2.75) is 19.1 Å². The molecule has 1 unspecified atom stereocenters. The van der Waals surface area contributed by atoms with Gasteiger partial charge in [0.1, 0.15) is 17.4 Å². The number of carboxylic acid groups (broad SMARTS) is 1. The predicted molar refractivity (Wildman–Crippen MR) is 88.7 cm³/mol. The maximum atomic E-state index is 14.5. The van der Waals surface area contributed by atoms with Gasteiger partial charge in [0.05, 0.1) is 12.6 Å². The van der Waals surface area contributed by atoms with Crippen LogP contribution in [0.25, 0.3) is 0 Å². The summed E-state index contributed by atoms with van der Waals surface area (Å²) in [6.45, 7) is 1.65. The molecule has 2 aromatic heterocycles. The minimum absolute atomic E-state index is 0.134. The standard InChI is InChI=1S/C19H16F2N2O3/c20-12-3-5-14(15(21)10-12)18-16-2-1-7-22(16)8-9-23(18)11-13-4-6-17(26-13)19(24)25/h1-7,10,18H,8-9,11H2,(H,24,25). The average molecular weight is 358 g/mol. The zero-order valence-corrected chi connectivity index (χ0v) is 13.7. The minimum atomic E-state index is -1.13. The number of rotatable bonds is 4. The van der Waals surface area contributed by atoms with E-state index >= 15 is 0 Å². The van der Waals surface area contributed by atoms with Crippen LogP contribution in [-0.4, -0.2) is 27.1 Å². The Morgan fingerprint density at radius 3 is 2.77 bits per heavy atom. The largest absolute Gasteiger partial charge is 0.475 e. The first-order chi connectivity index (χ1) is 12.5. The highest BCUT2D eigenvalue weighted by atomic mass is 19.1. The summed E-state index contributed by atoms with van der Waals surface area (Å²) in [5, 5.41) is 9.00. The van der Waals surface area contributed by atoms with Crippen molar-refractivity contribution in [3.05, 3.63) is 83.1 Å². The van der Waals surface area contributed by atoms with Gasteiger partial charge in [-0.25, -0.2) is 13.6 Å². The summed E-state index contributed by atoms with van der Waals surface area (Å²) in [4.78, 5) is 13.0. The van der Waals surface area contributed by atoms with Crippen LogP contribution >= 0.6 is 0 Å². The molecule has 1 aromatic carbocycles. The highest BCUT2D eigenvalue weighted by Crippen LogP contribution is 2.35. The first kappa shape index (κ1) is 16.5. The van der Waals surface area contributed by atoms with E-state index < -0.39 is 23.6 Å². The van der Waals surface area contributed by atoms with Gasteiger partial charge < -0.3 is 14.1 Å². The molecule has 1 atom stereocenters. The van der Waals surface area contributed by atoms with Gasteiger partial charge in [-0.05, 0) is 30.3 Å². The van der Waals surface area contributed by atoms with Gasteiger partial charge in [0, 0.05) is 36.6 Å². The molecule has 4 rings (SSSR count). The molecule has 5 nitrogen and oxygen atoms in total. The molecule has 3 heterocycles. The molecule has 0 radical (unpaired) electrons. The van der Waals surface area contributed by atoms with Gasteiger partial charge in [-0.2, -0.15) is 0 Å². The number of aromatic carboxylic acids is 1. The van der Waals surface area contributed by atoms with E-state index in [1.807, 2.05) is 27.8 Å². The van der Waals surface area contributed by atoms with Gasteiger partial charge >= 0.3 is 5.97 Å². The third-order valence-electron chi connectivity index (χ3n) is 4.63. The van der Waals surface area contributed by atoms with Crippen LogP contribution in [0.2, 0.25) is 0 Å². The second-order valence-electron chi connectivity index (χ2n) is 6.24. The van der Waals surface area contributed by atoms with E-state index in [0.717, 1.165) is 11.8 Å². The Bertz CT molecular complexity index is 963. The number of hydrogen-bond donors (Lipinski definition) is 1. The fourth-order valence-corrected chi connectivity index (χ4v) is 3.46. The zero-order valence-electron chi connectivity index (χ0n) is 13.7. The van der Waals surface area contributed by atoms with E-state index in [9.17, 15) is 13.6 Å². The summed E-state index contributed by atoms with van der Waals surface area (Å²) in [7, 11) is 0. The monoisotopic (exact) mass is 358 g/mol. The Kier molecular flexibility index (Phi) is 4.08. The number of fused-ring (bicyclic) bond motifs is 1. The minimum Gasteiger partial charge on any atom is -0.475 e. The number of aromatic nitrogens is 1. The zero-order chi connectivity index (χ0) is 18.3. The van der Waals surface area contributed by atoms with Crippen molar-refractivity contribution in [2.24, 2.45) is 0 Å². The van der Waals surface area contributed by atoms with Crippen LogP contribution in [0.1, 0.15) is 33.6 Å². The molecule has 0 fully saturated rings. The van der Waals surface area contributed by atoms with Crippen molar-refractivity contribution in [1.82, 2.24) is 9.47 Å². The maximum Gasteiger partial charge on any atom is 0.371 e. The lowest BCUT2D eigenvalue weighted by Gasteiger charge is -2.37. The molecule has 0 aliphatic carbocycles. The highest BCUT2D eigenvalue weighted by molar-refractivity contribution is 5.84. The van der Waals surface area contributed by atoms with Gasteiger partial charge in [-0.3, -0.25) is 4.90 Å². The number of carboxylic acids is 1. The van der Waals surface area contributed by atoms with Crippen LogP contribution in [0.3, 0.4) is 0 Å². The van der Waals surface area contributed by atoms with Crippen LogP contribution in [0.15, 0.2) is 53.1 Å². The lowest BCUT2D eigenvalue weighted by molar-refractivity contribution is 0.0656. The summed E-state index contributed by atoms with van der Waals surface area (Å²) in [6, 6.07) is 9.96. The Balaban J connectivity index is 1.71. The van der Waals surface area contributed by atoms with Gasteiger partial charge in [-0.15, -0.1) is 0 Å². The second-order valence-corrected chi connectivity index (χ2v) is 6.24. The van der Waals surface area contributed by atoms with E-state index in [1.54, 1.807) is 6.07 Å². The lowest BCUT2D eigenvalue weighted by Crippen LogP contribution is -2.38. The van der Waals surface area contributed by atoms with Gasteiger partial charge in [0.15, 0.2) is 0 Å². The quantitative estimate of drug-likeness (QED) is 0.773. The molecule has 1 aliphatic rings. The molecular weight excluding hydrogens is 342 g/mol. The molecule has 1 aliphatic heterocycles. The third-order valence-corrected chi connectivity index (χ3v) is 4.63. The molecule has 134 valence electrons. The van der Waals surface area contributed by atoms with Gasteiger partial charge in [-0.1, -0.05) is 6.07 Å². The van der Waals surface area contributed by atoms with Crippen LogP contribution in [0.5, 0.6) is 0 Å². The fourth-order valence-electron chi connectivity index (χ4n) is 3.46.